The van der Waals surface area contributed by atoms with Gasteiger partial charge in [0.2, 0.25) is 5.76 Å². The third-order valence-corrected chi connectivity index (χ3v) is 5.97. The summed E-state index contributed by atoms with van der Waals surface area (Å²) in [6.45, 7) is 7.51. The summed E-state index contributed by atoms with van der Waals surface area (Å²) in [5.74, 6) is 0.0319. The Hall–Kier alpha value is -2.16. The minimum atomic E-state index is -0.206. The lowest BCUT2D eigenvalue weighted by Crippen LogP contribution is -2.44. The molecule has 1 amide bonds. The van der Waals surface area contributed by atoms with E-state index in [1.165, 1.54) is 11.8 Å². The van der Waals surface area contributed by atoms with E-state index in [4.69, 9.17) is 19.2 Å². The largest absolute Gasteiger partial charge is 0.494 e. The molecule has 8 heteroatoms. The lowest BCUT2D eigenvalue weighted by Gasteiger charge is -2.29. The topological polar surface area (TPSA) is 64.1 Å². The zero-order valence-corrected chi connectivity index (χ0v) is 16.9. The normalized spacial score (nSPS) is 17.7. The number of thiazole rings is 1. The number of carbonyl (C=O) groups is 1. The van der Waals surface area contributed by atoms with Crippen molar-refractivity contribution in [3.8, 4) is 0 Å². The average molecular weight is 404 g/mol. The van der Waals surface area contributed by atoms with Crippen molar-refractivity contribution in [3.63, 3.8) is 0 Å². The average Bonchev–Trinajstić information content (AvgIpc) is 3.18. The Bertz CT molecular complexity index is 860. The number of hydrogen-bond acceptors (Lipinski definition) is 7. The highest BCUT2D eigenvalue weighted by atomic mass is 32.1. The minimum Gasteiger partial charge on any atom is -0.494 e. The Morgan fingerprint density at radius 1 is 1.25 bits per heavy atom. The van der Waals surface area contributed by atoms with E-state index < -0.39 is 0 Å². The molecule has 0 aliphatic carbocycles. The molecule has 3 heterocycles. The molecule has 2 aromatic rings. The number of rotatable bonds is 6. The lowest BCUT2D eigenvalue weighted by molar-refractivity contribution is -0.119. The fourth-order valence-corrected chi connectivity index (χ4v) is 4.31. The maximum atomic E-state index is 13.1. The monoisotopic (exact) mass is 403 g/mol. The SMILES string of the molecule is CCc1ccc2nc(N(CCN3CCOCC3)C(=O)C3=COCCO3)sc2c1. The van der Waals surface area contributed by atoms with Crippen molar-refractivity contribution in [2.24, 2.45) is 0 Å². The number of aromatic nitrogens is 1. The molecule has 0 unspecified atom stereocenters. The molecule has 0 bridgehead atoms. The van der Waals surface area contributed by atoms with Crippen molar-refractivity contribution >= 4 is 32.6 Å². The van der Waals surface area contributed by atoms with Gasteiger partial charge in [0.1, 0.15) is 19.5 Å². The van der Waals surface area contributed by atoms with Crippen molar-refractivity contribution < 1.29 is 19.0 Å². The number of aryl methyl sites for hydroxylation is 1. The van der Waals surface area contributed by atoms with Crippen LogP contribution in [0.25, 0.3) is 10.2 Å². The van der Waals surface area contributed by atoms with E-state index >= 15 is 0 Å². The second-order valence-electron chi connectivity index (χ2n) is 6.76. The van der Waals surface area contributed by atoms with Gasteiger partial charge in [0.25, 0.3) is 5.91 Å². The van der Waals surface area contributed by atoms with E-state index in [9.17, 15) is 4.79 Å². The summed E-state index contributed by atoms with van der Waals surface area (Å²) in [4.78, 5) is 21.9. The third-order valence-electron chi connectivity index (χ3n) is 4.93. The summed E-state index contributed by atoms with van der Waals surface area (Å²) in [6, 6.07) is 6.27. The Kier molecular flexibility index (Phi) is 6.09. The third kappa shape index (κ3) is 4.29. The summed E-state index contributed by atoms with van der Waals surface area (Å²) >= 11 is 1.54. The quantitative estimate of drug-likeness (QED) is 0.738. The molecular formula is C20H25N3O4S. The van der Waals surface area contributed by atoms with Crippen LogP contribution in [-0.2, 0) is 25.4 Å². The van der Waals surface area contributed by atoms with Gasteiger partial charge in [-0.1, -0.05) is 24.3 Å². The second kappa shape index (κ2) is 8.89. The van der Waals surface area contributed by atoms with Crippen molar-refractivity contribution in [2.75, 3.05) is 57.5 Å². The molecule has 28 heavy (non-hydrogen) atoms. The summed E-state index contributed by atoms with van der Waals surface area (Å²) in [7, 11) is 0. The lowest BCUT2D eigenvalue weighted by atomic mass is 10.2. The first-order chi connectivity index (χ1) is 13.7. The van der Waals surface area contributed by atoms with Gasteiger partial charge in [-0.3, -0.25) is 14.6 Å². The Morgan fingerprint density at radius 2 is 2.11 bits per heavy atom. The molecule has 1 saturated heterocycles. The molecule has 0 radical (unpaired) electrons. The van der Waals surface area contributed by atoms with Gasteiger partial charge in [-0.15, -0.1) is 0 Å². The maximum absolute atomic E-state index is 13.1. The second-order valence-corrected chi connectivity index (χ2v) is 7.77. The summed E-state index contributed by atoms with van der Waals surface area (Å²) in [6.07, 6.45) is 2.39. The smallest absolute Gasteiger partial charge is 0.298 e. The van der Waals surface area contributed by atoms with E-state index in [0.717, 1.165) is 49.5 Å². The van der Waals surface area contributed by atoms with Crippen LogP contribution in [0.1, 0.15) is 12.5 Å². The minimum absolute atomic E-state index is 0.206. The molecule has 1 fully saturated rings. The van der Waals surface area contributed by atoms with Crippen LogP contribution < -0.4 is 4.90 Å². The molecule has 7 nitrogen and oxygen atoms in total. The van der Waals surface area contributed by atoms with Gasteiger partial charge in [0, 0.05) is 26.2 Å². The van der Waals surface area contributed by atoms with Gasteiger partial charge in [-0.05, 0) is 24.1 Å². The van der Waals surface area contributed by atoms with Crippen LogP contribution in [0.5, 0.6) is 0 Å². The van der Waals surface area contributed by atoms with Crippen LogP contribution in [-0.4, -0.2) is 68.4 Å². The van der Waals surface area contributed by atoms with Crippen LogP contribution in [0.2, 0.25) is 0 Å². The Balaban J connectivity index is 1.59. The zero-order chi connectivity index (χ0) is 19.3. The highest BCUT2D eigenvalue weighted by Crippen LogP contribution is 2.31. The predicted molar refractivity (Wildman–Crippen MR) is 109 cm³/mol. The molecule has 0 N–H and O–H groups in total. The predicted octanol–water partition coefficient (Wildman–Crippen LogP) is 2.41. The van der Waals surface area contributed by atoms with E-state index in [1.807, 2.05) is 6.07 Å². The van der Waals surface area contributed by atoms with Gasteiger partial charge < -0.3 is 14.2 Å². The number of benzene rings is 1. The van der Waals surface area contributed by atoms with Gasteiger partial charge in [-0.25, -0.2) is 4.98 Å². The van der Waals surface area contributed by atoms with Crippen LogP contribution in [0.4, 0.5) is 5.13 Å². The molecular weight excluding hydrogens is 378 g/mol. The maximum Gasteiger partial charge on any atom is 0.298 e. The van der Waals surface area contributed by atoms with Gasteiger partial charge in [0.05, 0.1) is 23.4 Å². The number of morpholine rings is 1. The first-order valence-corrected chi connectivity index (χ1v) is 10.5. The first-order valence-electron chi connectivity index (χ1n) is 9.70. The molecule has 1 aromatic carbocycles. The molecule has 2 aliphatic heterocycles. The standard InChI is InChI=1S/C20H25N3O4S/c1-2-15-3-4-16-18(13-15)28-20(21-16)23(6-5-22-7-9-25-10-8-22)19(24)17-14-26-11-12-27-17/h3-4,13-14H,2,5-12H2,1H3. The van der Waals surface area contributed by atoms with Crippen LogP contribution in [0, 0.1) is 0 Å². The molecule has 4 rings (SSSR count). The molecule has 0 spiro atoms. The van der Waals surface area contributed by atoms with E-state index in [1.54, 1.807) is 16.2 Å². The Morgan fingerprint density at radius 3 is 2.86 bits per heavy atom. The molecule has 0 saturated carbocycles. The van der Waals surface area contributed by atoms with Crippen LogP contribution >= 0.6 is 11.3 Å². The van der Waals surface area contributed by atoms with Gasteiger partial charge in [-0.2, -0.15) is 0 Å². The molecule has 0 atom stereocenters. The highest BCUT2D eigenvalue weighted by Gasteiger charge is 2.27. The van der Waals surface area contributed by atoms with Crippen LogP contribution in [0.15, 0.2) is 30.2 Å². The van der Waals surface area contributed by atoms with E-state index in [-0.39, 0.29) is 11.7 Å². The number of hydrogen-bond donors (Lipinski definition) is 0. The highest BCUT2D eigenvalue weighted by molar-refractivity contribution is 7.22. The van der Waals surface area contributed by atoms with Crippen LogP contribution in [0.3, 0.4) is 0 Å². The summed E-state index contributed by atoms with van der Waals surface area (Å²) in [5, 5.41) is 0.691. The number of ether oxygens (including phenoxy) is 3. The number of nitrogens with zero attached hydrogens (tertiary/aromatic N) is 3. The van der Waals surface area contributed by atoms with E-state index in [0.29, 0.717) is 24.9 Å². The summed E-state index contributed by atoms with van der Waals surface area (Å²) < 4.78 is 17.3. The number of amides is 1. The molecule has 1 aromatic heterocycles. The Labute approximate surface area is 168 Å². The fraction of sp³-hybridized carbons (Fsp3) is 0.500. The first kappa shape index (κ1) is 19.2. The van der Waals surface area contributed by atoms with Crippen molar-refractivity contribution in [3.05, 3.63) is 35.8 Å². The fourth-order valence-electron chi connectivity index (χ4n) is 3.26. The number of carbonyl (C=O) groups excluding carboxylic acids is 1. The number of anilines is 1. The van der Waals surface area contributed by atoms with Gasteiger partial charge >= 0.3 is 0 Å². The van der Waals surface area contributed by atoms with Crippen molar-refractivity contribution in [1.82, 2.24) is 9.88 Å². The molecule has 2 aliphatic rings. The zero-order valence-electron chi connectivity index (χ0n) is 16.1. The molecule has 150 valence electrons. The number of fused-ring (bicyclic) bond motifs is 1. The van der Waals surface area contributed by atoms with Gasteiger partial charge in [0.15, 0.2) is 5.13 Å². The van der Waals surface area contributed by atoms with Crippen molar-refractivity contribution in [2.45, 2.75) is 13.3 Å². The van der Waals surface area contributed by atoms with E-state index in [2.05, 4.69) is 24.0 Å². The summed E-state index contributed by atoms with van der Waals surface area (Å²) in [5.41, 5.74) is 2.18. The van der Waals surface area contributed by atoms with Crippen molar-refractivity contribution in [1.29, 1.82) is 0 Å².